The summed E-state index contributed by atoms with van der Waals surface area (Å²) in [7, 11) is 1.33. The normalized spacial score (nSPS) is 10.1. The smallest absolute Gasteiger partial charge is 0.305 e. The van der Waals surface area contributed by atoms with Crippen LogP contribution in [0.25, 0.3) is 11.1 Å². The lowest BCUT2D eigenvalue weighted by Crippen LogP contribution is -2.12. The zero-order valence-corrected chi connectivity index (χ0v) is 14.0. The van der Waals surface area contributed by atoms with Crippen LogP contribution >= 0.6 is 0 Å². The van der Waals surface area contributed by atoms with Gasteiger partial charge in [0.15, 0.2) is 0 Å². The number of carbonyl (C=O) groups is 2. The monoisotopic (exact) mass is 339 g/mol. The van der Waals surface area contributed by atoms with E-state index in [-0.39, 0.29) is 30.6 Å². The Hall–Kier alpha value is -3.15. The van der Waals surface area contributed by atoms with Gasteiger partial charge in [0.2, 0.25) is 5.91 Å². The first-order chi connectivity index (χ1) is 12.0. The predicted molar refractivity (Wildman–Crippen MR) is 97.4 cm³/mol. The number of anilines is 1. The summed E-state index contributed by atoms with van der Waals surface area (Å²) in [6.07, 6.45) is 0.960. The van der Waals surface area contributed by atoms with Gasteiger partial charge in [-0.15, -0.1) is 0 Å². The van der Waals surface area contributed by atoms with Crippen LogP contribution in [0, 0.1) is 5.41 Å². The van der Waals surface area contributed by atoms with Crippen molar-refractivity contribution in [2.75, 3.05) is 12.4 Å². The molecule has 0 bridgehead atoms. The molecule has 1 amide bonds. The van der Waals surface area contributed by atoms with Crippen LogP contribution in [0.4, 0.5) is 5.69 Å². The van der Waals surface area contributed by atoms with Crippen LogP contribution in [0.15, 0.2) is 48.5 Å². The minimum atomic E-state index is -0.312. The van der Waals surface area contributed by atoms with Crippen LogP contribution < -0.4 is 11.1 Å². The van der Waals surface area contributed by atoms with Gasteiger partial charge in [0, 0.05) is 24.1 Å². The van der Waals surface area contributed by atoms with Crippen LogP contribution in [-0.2, 0) is 14.3 Å². The molecule has 2 aromatic carbocycles. The average Bonchev–Trinajstić information content (AvgIpc) is 2.62. The zero-order valence-electron chi connectivity index (χ0n) is 14.0. The number of rotatable bonds is 7. The molecule has 0 fully saturated rings. The van der Waals surface area contributed by atoms with Crippen LogP contribution in [0.3, 0.4) is 0 Å². The first kappa shape index (κ1) is 18.2. The minimum Gasteiger partial charge on any atom is -0.469 e. The van der Waals surface area contributed by atoms with Crippen LogP contribution in [0.2, 0.25) is 0 Å². The van der Waals surface area contributed by atoms with Crippen molar-refractivity contribution in [1.29, 1.82) is 5.41 Å². The van der Waals surface area contributed by atoms with Gasteiger partial charge in [-0.25, -0.2) is 0 Å². The topological polar surface area (TPSA) is 105 Å². The van der Waals surface area contributed by atoms with E-state index in [1.807, 2.05) is 36.4 Å². The van der Waals surface area contributed by atoms with Gasteiger partial charge in [-0.3, -0.25) is 15.0 Å². The molecule has 25 heavy (non-hydrogen) atoms. The van der Waals surface area contributed by atoms with E-state index in [4.69, 9.17) is 11.1 Å². The molecule has 130 valence electrons. The average molecular weight is 339 g/mol. The molecule has 0 saturated carbocycles. The third kappa shape index (κ3) is 5.46. The largest absolute Gasteiger partial charge is 0.469 e. The minimum absolute atomic E-state index is 0.0387. The lowest BCUT2D eigenvalue weighted by Gasteiger charge is -2.07. The third-order valence-electron chi connectivity index (χ3n) is 3.71. The molecule has 6 heteroatoms. The summed E-state index contributed by atoms with van der Waals surface area (Å²) in [5.41, 5.74) is 8.83. The maximum atomic E-state index is 11.8. The number of nitrogens with one attached hydrogen (secondary N) is 2. The Labute approximate surface area is 146 Å². The number of nitrogen functional groups attached to an aromatic ring is 1. The summed E-state index contributed by atoms with van der Waals surface area (Å²) in [6, 6.07) is 14.9. The fraction of sp³-hybridized carbons (Fsp3) is 0.211. The van der Waals surface area contributed by atoms with E-state index in [1.165, 1.54) is 7.11 Å². The fourth-order valence-corrected chi connectivity index (χ4v) is 2.31. The number of carbonyl (C=O) groups excluding carboxylic acids is 2. The molecule has 0 spiro atoms. The highest BCUT2D eigenvalue weighted by Gasteiger charge is 2.06. The number of hydrogen-bond donors (Lipinski definition) is 3. The molecule has 0 heterocycles. The Morgan fingerprint density at radius 3 is 2.08 bits per heavy atom. The summed E-state index contributed by atoms with van der Waals surface area (Å²) in [5.74, 6) is -0.410. The summed E-state index contributed by atoms with van der Waals surface area (Å²) in [5, 5.41) is 10.2. The molecule has 2 aromatic rings. The lowest BCUT2D eigenvalue weighted by molar-refractivity contribution is -0.140. The van der Waals surface area contributed by atoms with Gasteiger partial charge < -0.3 is 15.8 Å². The van der Waals surface area contributed by atoms with Gasteiger partial charge in [-0.2, -0.15) is 0 Å². The number of esters is 1. The molecular formula is C19H21N3O3. The number of amidine groups is 1. The summed E-state index contributed by atoms with van der Waals surface area (Å²) in [4.78, 5) is 22.9. The first-order valence-electron chi connectivity index (χ1n) is 7.91. The maximum Gasteiger partial charge on any atom is 0.305 e. The Balaban J connectivity index is 1.92. The molecule has 0 saturated heterocycles. The van der Waals surface area contributed by atoms with Crippen molar-refractivity contribution in [3.05, 3.63) is 54.1 Å². The first-order valence-corrected chi connectivity index (χ1v) is 7.91. The predicted octanol–water partition coefficient (Wildman–Crippen LogP) is 2.92. The number of methoxy groups -OCH3 is 1. The highest BCUT2D eigenvalue weighted by Crippen LogP contribution is 2.22. The van der Waals surface area contributed by atoms with Gasteiger partial charge in [-0.1, -0.05) is 36.4 Å². The molecule has 0 unspecified atom stereocenters. The van der Waals surface area contributed by atoms with Gasteiger partial charge in [0.25, 0.3) is 0 Å². The van der Waals surface area contributed by atoms with Crippen LogP contribution in [0.1, 0.15) is 24.8 Å². The quantitative estimate of drug-likeness (QED) is 0.410. The summed E-state index contributed by atoms with van der Waals surface area (Å²) < 4.78 is 4.54. The Kier molecular flexibility index (Phi) is 6.28. The number of amides is 1. The zero-order chi connectivity index (χ0) is 18.2. The van der Waals surface area contributed by atoms with E-state index in [1.54, 1.807) is 12.1 Å². The Bertz CT molecular complexity index is 752. The van der Waals surface area contributed by atoms with E-state index in [2.05, 4.69) is 10.1 Å². The SMILES string of the molecule is COC(=O)CCCC(=O)Nc1ccc(-c2ccc(C(=N)N)cc2)cc1. The Morgan fingerprint density at radius 2 is 1.56 bits per heavy atom. The number of ether oxygens (including phenoxy) is 1. The van der Waals surface area contributed by atoms with Crippen molar-refractivity contribution >= 4 is 23.4 Å². The van der Waals surface area contributed by atoms with Gasteiger partial charge in [-0.05, 0) is 29.7 Å². The van der Waals surface area contributed by atoms with Crippen molar-refractivity contribution in [3.63, 3.8) is 0 Å². The highest BCUT2D eigenvalue weighted by molar-refractivity contribution is 5.95. The van der Waals surface area contributed by atoms with Gasteiger partial charge in [0.05, 0.1) is 7.11 Å². The van der Waals surface area contributed by atoms with E-state index >= 15 is 0 Å². The summed E-state index contributed by atoms with van der Waals surface area (Å²) >= 11 is 0. The molecular weight excluding hydrogens is 318 g/mol. The van der Waals surface area contributed by atoms with E-state index < -0.39 is 0 Å². The number of nitrogens with two attached hydrogens (primary N) is 1. The van der Waals surface area contributed by atoms with Crippen molar-refractivity contribution < 1.29 is 14.3 Å². The standard InChI is InChI=1S/C19H21N3O3/c1-25-18(24)4-2-3-17(23)22-16-11-9-14(10-12-16)13-5-7-15(8-6-13)19(20)21/h5-12H,2-4H2,1H3,(H3,20,21)(H,22,23). The van der Waals surface area contributed by atoms with E-state index in [0.717, 1.165) is 11.1 Å². The van der Waals surface area contributed by atoms with Crippen molar-refractivity contribution in [3.8, 4) is 11.1 Å². The van der Waals surface area contributed by atoms with Gasteiger partial charge >= 0.3 is 5.97 Å². The van der Waals surface area contributed by atoms with Crippen LogP contribution in [0.5, 0.6) is 0 Å². The molecule has 4 N–H and O–H groups in total. The van der Waals surface area contributed by atoms with E-state index in [0.29, 0.717) is 17.7 Å². The third-order valence-corrected chi connectivity index (χ3v) is 3.71. The molecule has 0 radical (unpaired) electrons. The molecule has 0 aromatic heterocycles. The second kappa shape index (κ2) is 8.63. The number of hydrogen-bond acceptors (Lipinski definition) is 4. The second-order valence-electron chi connectivity index (χ2n) is 5.55. The Morgan fingerprint density at radius 1 is 1.00 bits per heavy atom. The van der Waals surface area contributed by atoms with Gasteiger partial charge in [0.1, 0.15) is 5.84 Å². The molecule has 0 aliphatic heterocycles. The van der Waals surface area contributed by atoms with E-state index in [9.17, 15) is 9.59 Å². The summed E-state index contributed by atoms with van der Waals surface area (Å²) in [6.45, 7) is 0. The molecule has 6 nitrogen and oxygen atoms in total. The van der Waals surface area contributed by atoms with Crippen molar-refractivity contribution in [1.82, 2.24) is 0 Å². The van der Waals surface area contributed by atoms with Crippen LogP contribution in [-0.4, -0.2) is 24.8 Å². The molecule has 0 atom stereocenters. The number of benzene rings is 2. The maximum absolute atomic E-state index is 11.8. The molecule has 0 aliphatic carbocycles. The second-order valence-corrected chi connectivity index (χ2v) is 5.55. The highest BCUT2D eigenvalue weighted by atomic mass is 16.5. The van der Waals surface area contributed by atoms with Crippen molar-refractivity contribution in [2.24, 2.45) is 5.73 Å². The molecule has 0 aliphatic rings. The van der Waals surface area contributed by atoms with Crippen molar-refractivity contribution in [2.45, 2.75) is 19.3 Å². The molecule has 2 rings (SSSR count). The fourth-order valence-electron chi connectivity index (χ4n) is 2.31. The lowest BCUT2D eigenvalue weighted by atomic mass is 10.0.